The second kappa shape index (κ2) is 7.53. The molecule has 1 aliphatic heterocycles. The molecule has 0 aromatic carbocycles. The van der Waals surface area contributed by atoms with Gasteiger partial charge in [0, 0.05) is 13.5 Å². The van der Waals surface area contributed by atoms with Gasteiger partial charge in [0.2, 0.25) is 5.90 Å². The Morgan fingerprint density at radius 1 is 1.38 bits per heavy atom. The number of nitrogens with two attached hydrogens (primary N) is 1. The number of oxime groups is 1. The fraction of sp³-hybridized carbons (Fsp3) is 0.667. The number of thioether (sulfide) groups is 1. The summed E-state index contributed by atoms with van der Waals surface area (Å²) in [6.07, 6.45) is -5.03. The van der Waals surface area contributed by atoms with E-state index in [2.05, 4.69) is 14.9 Å². The van der Waals surface area contributed by atoms with E-state index in [-0.39, 0.29) is 23.2 Å². The summed E-state index contributed by atoms with van der Waals surface area (Å²) in [5.41, 5.74) is -1.58. The second-order valence-electron chi connectivity index (χ2n) is 5.18. The maximum absolute atomic E-state index is 14.4. The van der Waals surface area contributed by atoms with E-state index >= 15 is 0 Å². The van der Waals surface area contributed by atoms with Crippen LogP contribution in [0.25, 0.3) is 0 Å². The van der Waals surface area contributed by atoms with Crippen LogP contribution in [-0.2, 0) is 9.57 Å². The zero-order valence-electron chi connectivity index (χ0n) is 12.8. The Morgan fingerprint density at radius 3 is 2.33 bits per heavy atom. The van der Waals surface area contributed by atoms with Crippen LogP contribution in [0.1, 0.15) is 20.3 Å². The SMILES string of the molecule is CN=C(OC(F)F)C(=C(N)C(F)(F)F)C(F)SC1=NOC(C)(C)C1. The van der Waals surface area contributed by atoms with Crippen LogP contribution >= 0.6 is 11.8 Å². The summed E-state index contributed by atoms with van der Waals surface area (Å²) in [4.78, 5) is 8.10. The highest BCUT2D eigenvalue weighted by Gasteiger charge is 2.41. The fourth-order valence-electron chi connectivity index (χ4n) is 1.65. The van der Waals surface area contributed by atoms with Crippen molar-refractivity contribution in [1.82, 2.24) is 0 Å². The van der Waals surface area contributed by atoms with Crippen LogP contribution in [0.2, 0.25) is 0 Å². The zero-order chi connectivity index (χ0) is 18.7. The molecule has 0 bridgehead atoms. The van der Waals surface area contributed by atoms with Crippen molar-refractivity contribution in [3.05, 3.63) is 11.3 Å². The van der Waals surface area contributed by atoms with Crippen molar-refractivity contribution >= 4 is 22.7 Å². The Hall–Kier alpha value is -1.59. The Labute approximate surface area is 137 Å². The highest BCUT2D eigenvalue weighted by Crippen LogP contribution is 2.36. The van der Waals surface area contributed by atoms with Crippen LogP contribution < -0.4 is 5.73 Å². The molecule has 0 saturated heterocycles. The maximum atomic E-state index is 14.4. The molecule has 12 heteroatoms. The monoisotopic (exact) mass is 379 g/mol. The molecule has 0 spiro atoms. The average molecular weight is 379 g/mol. The fourth-order valence-corrected chi connectivity index (χ4v) is 2.75. The number of hydrogen-bond acceptors (Lipinski definition) is 6. The van der Waals surface area contributed by atoms with Gasteiger partial charge in [0.15, 0.2) is 5.50 Å². The molecule has 1 heterocycles. The molecule has 0 saturated carbocycles. The molecule has 2 N–H and O–H groups in total. The average Bonchev–Trinajstić information content (AvgIpc) is 2.75. The molecule has 0 fully saturated rings. The van der Waals surface area contributed by atoms with E-state index in [1.54, 1.807) is 13.8 Å². The number of ether oxygens (including phenoxy) is 1. The highest BCUT2D eigenvalue weighted by molar-refractivity contribution is 8.14. The molecule has 0 aliphatic carbocycles. The topological polar surface area (TPSA) is 69.2 Å². The van der Waals surface area contributed by atoms with E-state index in [4.69, 9.17) is 10.6 Å². The minimum atomic E-state index is -5.16. The molecule has 0 aromatic rings. The van der Waals surface area contributed by atoms with E-state index in [0.717, 1.165) is 7.05 Å². The van der Waals surface area contributed by atoms with Gasteiger partial charge in [0.05, 0.1) is 5.57 Å². The van der Waals surface area contributed by atoms with Gasteiger partial charge in [-0.05, 0) is 13.8 Å². The summed E-state index contributed by atoms with van der Waals surface area (Å²) in [6, 6.07) is 0. The molecule has 138 valence electrons. The summed E-state index contributed by atoms with van der Waals surface area (Å²) in [5, 5.41) is 3.59. The summed E-state index contributed by atoms with van der Waals surface area (Å²) >= 11 is 0.248. The minimum Gasteiger partial charge on any atom is -0.417 e. The van der Waals surface area contributed by atoms with Crippen LogP contribution in [0.15, 0.2) is 21.4 Å². The lowest BCUT2D eigenvalue weighted by atomic mass is 10.1. The van der Waals surface area contributed by atoms with Crippen molar-refractivity contribution in [3.63, 3.8) is 0 Å². The van der Waals surface area contributed by atoms with Crippen LogP contribution in [0.3, 0.4) is 0 Å². The third kappa shape index (κ3) is 5.49. The summed E-state index contributed by atoms with van der Waals surface area (Å²) < 4.78 is 81.4. The first-order valence-electron chi connectivity index (χ1n) is 6.42. The molecular weight excluding hydrogens is 364 g/mol. The third-order valence-electron chi connectivity index (χ3n) is 2.67. The van der Waals surface area contributed by atoms with Crippen LogP contribution in [-0.4, -0.2) is 41.9 Å². The molecule has 1 rings (SSSR count). The predicted molar refractivity (Wildman–Crippen MR) is 77.4 cm³/mol. The highest BCUT2D eigenvalue weighted by atomic mass is 32.2. The second-order valence-corrected chi connectivity index (χ2v) is 6.30. The molecule has 1 aliphatic rings. The first kappa shape index (κ1) is 20.5. The smallest absolute Gasteiger partial charge is 0.417 e. The van der Waals surface area contributed by atoms with Crippen molar-refractivity contribution < 1.29 is 35.9 Å². The third-order valence-corrected chi connectivity index (χ3v) is 3.60. The van der Waals surface area contributed by atoms with E-state index in [1.165, 1.54) is 0 Å². The number of allylic oxidation sites excluding steroid dienone is 1. The van der Waals surface area contributed by atoms with Crippen molar-refractivity contribution in [3.8, 4) is 0 Å². The number of halogens is 6. The molecule has 1 unspecified atom stereocenters. The Kier molecular flexibility index (Phi) is 6.42. The molecule has 0 aromatic heterocycles. The van der Waals surface area contributed by atoms with Crippen LogP contribution in [0.5, 0.6) is 0 Å². The number of hydrogen-bond donors (Lipinski definition) is 1. The molecular formula is C12H15F6N3O2S. The first-order valence-corrected chi connectivity index (χ1v) is 7.30. The Morgan fingerprint density at radius 2 is 1.96 bits per heavy atom. The quantitative estimate of drug-likeness (QED) is 0.461. The number of aliphatic imine (C=N–C) groups is 1. The van der Waals surface area contributed by atoms with Gasteiger partial charge in [0.25, 0.3) is 0 Å². The largest absolute Gasteiger partial charge is 0.431 e. The number of nitrogens with zero attached hydrogens (tertiary/aromatic N) is 2. The normalized spacial score (nSPS) is 20.4. The standard InChI is InChI=1S/C12H15F6N3O2S/c1-11(2)4-5(21-23-11)24-8(13)6(7(19)12(16,17)18)9(20-3)22-10(14)15/h8,10H,4,19H2,1-3H3. The van der Waals surface area contributed by atoms with Gasteiger partial charge in [-0.3, -0.25) is 4.99 Å². The van der Waals surface area contributed by atoms with Crippen LogP contribution in [0, 0.1) is 0 Å². The predicted octanol–water partition coefficient (Wildman–Crippen LogP) is 3.57. The van der Waals surface area contributed by atoms with Gasteiger partial charge in [-0.25, -0.2) is 4.39 Å². The summed E-state index contributed by atoms with van der Waals surface area (Å²) in [6.45, 7) is -0.225. The first-order chi connectivity index (χ1) is 10.9. The Balaban J connectivity index is 3.14. The van der Waals surface area contributed by atoms with E-state index in [9.17, 15) is 26.3 Å². The van der Waals surface area contributed by atoms with E-state index in [0.29, 0.717) is 0 Å². The van der Waals surface area contributed by atoms with Gasteiger partial charge in [-0.2, -0.15) is 22.0 Å². The van der Waals surface area contributed by atoms with Gasteiger partial charge in [0.1, 0.15) is 16.3 Å². The van der Waals surface area contributed by atoms with Crippen LogP contribution in [0.4, 0.5) is 26.3 Å². The van der Waals surface area contributed by atoms with Crippen molar-refractivity contribution in [2.75, 3.05) is 7.05 Å². The van der Waals surface area contributed by atoms with Crippen molar-refractivity contribution in [2.45, 2.75) is 44.2 Å². The maximum Gasteiger partial charge on any atom is 0.431 e. The van der Waals surface area contributed by atoms with Gasteiger partial charge >= 0.3 is 12.8 Å². The zero-order valence-corrected chi connectivity index (χ0v) is 13.6. The molecule has 0 amide bonds. The lowest BCUT2D eigenvalue weighted by Crippen LogP contribution is -2.30. The number of alkyl halides is 6. The van der Waals surface area contributed by atoms with E-state index < -0.39 is 41.1 Å². The summed E-state index contributed by atoms with van der Waals surface area (Å²) in [5.74, 6) is -1.24. The Bertz CT molecular complexity index is 559. The van der Waals surface area contributed by atoms with Crippen molar-refractivity contribution in [1.29, 1.82) is 0 Å². The van der Waals surface area contributed by atoms with Crippen molar-refractivity contribution in [2.24, 2.45) is 15.9 Å². The molecule has 1 atom stereocenters. The molecule has 24 heavy (non-hydrogen) atoms. The van der Waals surface area contributed by atoms with Gasteiger partial charge < -0.3 is 15.3 Å². The molecule has 0 radical (unpaired) electrons. The molecule has 5 nitrogen and oxygen atoms in total. The summed E-state index contributed by atoms with van der Waals surface area (Å²) in [7, 11) is 0.873. The number of rotatable bonds is 4. The lowest BCUT2D eigenvalue weighted by Gasteiger charge is -2.19. The van der Waals surface area contributed by atoms with Gasteiger partial charge in [-0.1, -0.05) is 16.9 Å². The van der Waals surface area contributed by atoms with Gasteiger partial charge in [-0.15, -0.1) is 0 Å². The lowest BCUT2D eigenvalue weighted by molar-refractivity contribution is -0.0945. The van der Waals surface area contributed by atoms with E-state index in [1.807, 2.05) is 0 Å². The minimum absolute atomic E-state index is 0.0486.